The van der Waals surface area contributed by atoms with E-state index in [0.717, 1.165) is 44.7 Å². The number of carbonyl (C=O) groups excluding carboxylic acids is 3. The second kappa shape index (κ2) is 12.2. The van der Waals surface area contributed by atoms with Crippen LogP contribution in [0.15, 0.2) is 75.5 Å². The number of Topliss-reactive ketones (excluding diaryl/α,β-unsaturated/α-hetero) is 1. The maximum Gasteiger partial charge on any atom is 0.256 e. The molecule has 0 saturated heterocycles. The Hall–Kier alpha value is -3.01. The van der Waals surface area contributed by atoms with E-state index in [1.54, 1.807) is 42.5 Å². The number of fused-ring (bicyclic) bond motifs is 1. The van der Waals surface area contributed by atoms with Crippen LogP contribution in [0.25, 0.3) is 10.2 Å². The van der Waals surface area contributed by atoms with E-state index < -0.39 is 0 Å². The van der Waals surface area contributed by atoms with Crippen LogP contribution in [0.2, 0.25) is 0 Å². The highest BCUT2D eigenvalue weighted by Crippen LogP contribution is 2.32. The third-order valence-corrected chi connectivity index (χ3v) is 9.17. The van der Waals surface area contributed by atoms with Crippen LogP contribution in [0.1, 0.15) is 63.2 Å². The number of halogens is 1. The number of amides is 2. The van der Waals surface area contributed by atoms with Gasteiger partial charge in [-0.15, -0.1) is 11.3 Å². The fourth-order valence-electron chi connectivity index (χ4n) is 4.48. The Morgan fingerprint density at radius 1 is 0.921 bits per heavy atom. The van der Waals surface area contributed by atoms with Crippen molar-refractivity contribution in [2.75, 3.05) is 11.1 Å². The molecule has 6 nitrogen and oxygen atoms in total. The molecule has 0 radical (unpaired) electrons. The van der Waals surface area contributed by atoms with Crippen molar-refractivity contribution >= 4 is 72.5 Å². The molecule has 1 aromatic heterocycles. The van der Waals surface area contributed by atoms with Crippen LogP contribution in [0.4, 0.5) is 5.69 Å². The minimum atomic E-state index is -0.335. The highest BCUT2D eigenvalue weighted by atomic mass is 79.9. The van der Waals surface area contributed by atoms with E-state index in [-0.39, 0.29) is 23.6 Å². The lowest BCUT2D eigenvalue weighted by Gasteiger charge is -2.23. The lowest BCUT2D eigenvalue weighted by Crippen LogP contribution is -2.37. The van der Waals surface area contributed by atoms with Gasteiger partial charge in [-0.05, 0) is 55.3 Å². The molecule has 1 saturated carbocycles. The smallest absolute Gasteiger partial charge is 0.256 e. The van der Waals surface area contributed by atoms with Gasteiger partial charge in [-0.1, -0.05) is 71.2 Å². The highest BCUT2D eigenvalue weighted by molar-refractivity contribution is 9.10. The minimum absolute atomic E-state index is 0.0425. The fourth-order valence-corrected chi connectivity index (χ4v) is 6.74. The molecule has 1 aliphatic carbocycles. The molecule has 0 aliphatic heterocycles. The van der Waals surface area contributed by atoms with Crippen LogP contribution in [0.3, 0.4) is 0 Å². The molecule has 3 aromatic carbocycles. The molecular weight excluding hydrogens is 582 g/mol. The number of hydrogen-bond donors (Lipinski definition) is 2. The first kappa shape index (κ1) is 26.6. The second-order valence-electron chi connectivity index (χ2n) is 9.19. The van der Waals surface area contributed by atoms with Gasteiger partial charge >= 0.3 is 0 Å². The SMILES string of the molecule is O=C(CSc1nc2ccc(NC(=O)c3ccccc3C(=O)NC3CCCCC3)cc2s1)c1ccc(Br)cc1. The van der Waals surface area contributed by atoms with Crippen molar-refractivity contribution in [2.45, 2.75) is 42.5 Å². The van der Waals surface area contributed by atoms with Gasteiger partial charge in [0, 0.05) is 21.8 Å². The Morgan fingerprint density at radius 2 is 1.63 bits per heavy atom. The molecule has 1 heterocycles. The van der Waals surface area contributed by atoms with Gasteiger partial charge in [0.05, 0.1) is 27.1 Å². The molecule has 38 heavy (non-hydrogen) atoms. The summed E-state index contributed by atoms with van der Waals surface area (Å²) in [7, 11) is 0. The Bertz CT molecular complexity index is 1480. The van der Waals surface area contributed by atoms with Crippen molar-refractivity contribution in [1.29, 1.82) is 0 Å². The third kappa shape index (κ3) is 6.51. The number of thioether (sulfide) groups is 1. The monoisotopic (exact) mass is 607 g/mol. The maximum atomic E-state index is 13.2. The number of rotatable bonds is 8. The number of thiazole rings is 1. The average Bonchev–Trinajstić information content (AvgIpc) is 3.35. The molecule has 2 amide bonds. The van der Waals surface area contributed by atoms with Crippen LogP contribution in [0.5, 0.6) is 0 Å². The summed E-state index contributed by atoms with van der Waals surface area (Å²) in [4.78, 5) is 43.2. The predicted octanol–water partition coefficient (Wildman–Crippen LogP) is 7.35. The summed E-state index contributed by atoms with van der Waals surface area (Å²) in [5.41, 5.74) is 2.81. The number of carbonyl (C=O) groups is 3. The van der Waals surface area contributed by atoms with Gasteiger partial charge in [-0.2, -0.15) is 0 Å². The standard InChI is InChI=1S/C29H26BrN3O3S2/c30-19-12-10-18(11-13-19)25(34)17-37-29-33-24-15-14-21(16-26(24)38-29)32-28(36)23-9-5-4-8-22(23)27(35)31-20-6-2-1-3-7-20/h4-5,8-16,20H,1-3,6-7,17H2,(H,31,35)(H,32,36). The molecular formula is C29H26BrN3O3S2. The summed E-state index contributed by atoms with van der Waals surface area (Å²) in [5, 5.41) is 6.03. The topological polar surface area (TPSA) is 88.2 Å². The van der Waals surface area contributed by atoms with Crippen molar-refractivity contribution < 1.29 is 14.4 Å². The zero-order valence-corrected chi connectivity index (χ0v) is 23.8. The number of aromatic nitrogens is 1. The van der Waals surface area contributed by atoms with Crippen LogP contribution >= 0.6 is 39.0 Å². The molecule has 0 atom stereocenters. The van der Waals surface area contributed by atoms with Crippen LogP contribution in [0, 0.1) is 0 Å². The molecule has 194 valence electrons. The summed E-state index contributed by atoms with van der Waals surface area (Å²) >= 11 is 6.26. The zero-order valence-electron chi connectivity index (χ0n) is 20.5. The van der Waals surface area contributed by atoms with Crippen molar-refractivity contribution in [2.24, 2.45) is 0 Å². The van der Waals surface area contributed by atoms with Gasteiger partial charge in [-0.3, -0.25) is 14.4 Å². The Balaban J connectivity index is 1.25. The Kier molecular flexibility index (Phi) is 8.56. The number of hydrogen-bond acceptors (Lipinski definition) is 6. The molecule has 9 heteroatoms. The van der Waals surface area contributed by atoms with Gasteiger partial charge in [0.2, 0.25) is 0 Å². The molecule has 2 N–H and O–H groups in total. The van der Waals surface area contributed by atoms with Crippen molar-refractivity contribution in [3.05, 3.63) is 87.9 Å². The van der Waals surface area contributed by atoms with E-state index in [0.29, 0.717) is 28.1 Å². The Morgan fingerprint density at radius 3 is 2.37 bits per heavy atom. The van der Waals surface area contributed by atoms with Crippen LogP contribution in [-0.2, 0) is 0 Å². The lowest BCUT2D eigenvalue weighted by molar-refractivity contribution is 0.0917. The number of nitrogens with zero attached hydrogens (tertiary/aromatic N) is 1. The number of nitrogens with one attached hydrogen (secondary N) is 2. The summed E-state index contributed by atoms with van der Waals surface area (Å²) in [6.07, 6.45) is 5.41. The van der Waals surface area contributed by atoms with Crippen LogP contribution < -0.4 is 10.6 Å². The van der Waals surface area contributed by atoms with Gasteiger partial charge < -0.3 is 10.6 Å². The number of ketones is 1. The zero-order chi connectivity index (χ0) is 26.5. The first-order valence-electron chi connectivity index (χ1n) is 12.5. The number of benzene rings is 3. The molecule has 1 fully saturated rings. The van der Waals surface area contributed by atoms with Gasteiger partial charge in [-0.25, -0.2) is 4.98 Å². The fraction of sp³-hybridized carbons (Fsp3) is 0.241. The Labute approximate surface area is 237 Å². The van der Waals surface area contributed by atoms with E-state index in [1.165, 1.54) is 29.5 Å². The van der Waals surface area contributed by atoms with E-state index in [9.17, 15) is 14.4 Å². The van der Waals surface area contributed by atoms with E-state index in [2.05, 4.69) is 31.5 Å². The van der Waals surface area contributed by atoms with Crippen LogP contribution in [-0.4, -0.2) is 34.4 Å². The van der Waals surface area contributed by atoms with Gasteiger partial charge in [0.15, 0.2) is 10.1 Å². The predicted molar refractivity (Wildman–Crippen MR) is 158 cm³/mol. The van der Waals surface area contributed by atoms with E-state index in [4.69, 9.17) is 0 Å². The summed E-state index contributed by atoms with van der Waals surface area (Å²) in [5.74, 6) is -0.205. The first-order chi connectivity index (χ1) is 18.5. The van der Waals surface area contributed by atoms with E-state index >= 15 is 0 Å². The quantitative estimate of drug-likeness (QED) is 0.161. The maximum absolute atomic E-state index is 13.2. The molecule has 0 bridgehead atoms. The molecule has 4 aromatic rings. The number of anilines is 1. The third-order valence-electron chi connectivity index (χ3n) is 6.48. The van der Waals surface area contributed by atoms with Crippen molar-refractivity contribution in [3.8, 4) is 0 Å². The normalized spacial score (nSPS) is 13.8. The summed E-state index contributed by atoms with van der Waals surface area (Å²) < 4.78 is 2.63. The lowest BCUT2D eigenvalue weighted by atomic mass is 9.95. The summed E-state index contributed by atoms with van der Waals surface area (Å²) in [6, 6.07) is 19.9. The van der Waals surface area contributed by atoms with Crippen molar-refractivity contribution in [3.63, 3.8) is 0 Å². The van der Waals surface area contributed by atoms with Gasteiger partial charge in [0.25, 0.3) is 11.8 Å². The molecule has 1 aliphatic rings. The average molecular weight is 609 g/mol. The molecule has 5 rings (SSSR count). The van der Waals surface area contributed by atoms with Crippen molar-refractivity contribution in [1.82, 2.24) is 10.3 Å². The first-order valence-corrected chi connectivity index (χ1v) is 15.1. The largest absolute Gasteiger partial charge is 0.349 e. The summed E-state index contributed by atoms with van der Waals surface area (Å²) in [6.45, 7) is 0. The van der Waals surface area contributed by atoms with Gasteiger partial charge in [0.1, 0.15) is 0 Å². The highest BCUT2D eigenvalue weighted by Gasteiger charge is 2.21. The minimum Gasteiger partial charge on any atom is -0.349 e. The molecule has 0 spiro atoms. The van der Waals surface area contributed by atoms with E-state index in [1.807, 2.05) is 24.3 Å². The molecule has 0 unspecified atom stereocenters. The second-order valence-corrected chi connectivity index (χ2v) is 12.4.